The number of aryl methyl sites for hydroxylation is 2. The van der Waals surface area contributed by atoms with Gasteiger partial charge in [0, 0.05) is 19.3 Å². The molecule has 0 aromatic carbocycles. The van der Waals surface area contributed by atoms with Crippen LogP contribution in [0.2, 0.25) is 0 Å². The number of ether oxygens (including phenoxy) is 1. The minimum Gasteiger partial charge on any atom is -0.453 e. The van der Waals surface area contributed by atoms with Crippen molar-refractivity contribution >= 4 is 0 Å². The first-order chi connectivity index (χ1) is 7.58. The second-order valence-corrected chi connectivity index (χ2v) is 3.54. The van der Waals surface area contributed by atoms with Crippen LogP contribution in [0.25, 0.3) is 0 Å². The molecule has 0 atom stereocenters. The molecule has 0 saturated carbocycles. The SMILES string of the molecule is Cc1nn(C)c(C)c1Oc1ccnc(F)c1. The van der Waals surface area contributed by atoms with Crippen LogP contribution in [0.4, 0.5) is 4.39 Å². The third kappa shape index (κ3) is 1.88. The highest BCUT2D eigenvalue weighted by Crippen LogP contribution is 2.27. The lowest BCUT2D eigenvalue weighted by Crippen LogP contribution is -1.93. The van der Waals surface area contributed by atoms with Crippen LogP contribution in [0.3, 0.4) is 0 Å². The second-order valence-electron chi connectivity index (χ2n) is 3.54. The Balaban J connectivity index is 2.34. The maximum Gasteiger partial charge on any atom is 0.216 e. The van der Waals surface area contributed by atoms with E-state index in [4.69, 9.17) is 4.74 Å². The minimum atomic E-state index is -0.559. The maximum absolute atomic E-state index is 12.9. The van der Waals surface area contributed by atoms with E-state index in [9.17, 15) is 4.39 Å². The second kappa shape index (κ2) is 3.92. The van der Waals surface area contributed by atoms with E-state index in [2.05, 4.69) is 10.1 Å². The minimum absolute atomic E-state index is 0.423. The molecule has 2 rings (SSSR count). The van der Waals surface area contributed by atoms with Crippen molar-refractivity contribution in [3.8, 4) is 11.5 Å². The zero-order chi connectivity index (χ0) is 11.7. The zero-order valence-corrected chi connectivity index (χ0v) is 9.36. The van der Waals surface area contributed by atoms with Crippen molar-refractivity contribution in [3.63, 3.8) is 0 Å². The van der Waals surface area contributed by atoms with E-state index < -0.39 is 5.95 Å². The third-order valence-electron chi connectivity index (χ3n) is 2.36. The van der Waals surface area contributed by atoms with Gasteiger partial charge in [0.05, 0.1) is 5.69 Å². The van der Waals surface area contributed by atoms with Crippen LogP contribution in [0.1, 0.15) is 11.4 Å². The van der Waals surface area contributed by atoms with Crippen molar-refractivity contribution in [1.29, 1.82) is 0 Å². The topological polar surface area (TPSA) is 39.9 Å². The number of hydrogen-bond donors (Lipinski definition) is 0. The summed E-state index contributed by atoms with van der Waals surface area (Å²) in [5.41, 5.74) is 1.67. The Morgan fingerprint density at radius 1 is 1.38 bits per heavy atom. The molecule has 0 radical (unpaired) electrons. The Bertz CT molecular complexity index is 522. The zero-order valence-electron chi connectivity index (χ0n) is 9.36. The summed E-state index contributed by atoms with van der Waals surface area (Å²) in [5.74, 6) is 0.525. The third-order valence-corrected chi connectivity index (χ3v) is 2.36. The van der Waals surface area contributed by atoms with Crippen molar-refractivity contribution in [1.82, 2.24) is 14.8 Å². The Morgan fingerprint density at radius 3 is 2.69 bits per heavy atom. The number of hydrogen-bond acceptors (Lipinski definition) is 3. The molecule has 4 nitrogen and oxygen atoms in total. The molecule has 0 spiro atoms. The highest BCUT2D eigenvalue weighted by molar-refractivity contribution is 5.36. The maximum atomic E-state index is 12.9. The average Bonchev–Trinajstić information content (AvgIpc) is 2.45. The average molecular weight is 221 g/mol. The summed E-state index contributed by atoms with van der Waals surface area (Å²) in [6.45, 7) is 3.74. The normalized spacial score (nSPS) is 10.5. The van der Waals surface area contributed by atoms with E-state index in [-0.39, 0.29) is 0 Å². The van der Waals surface area contributed by atoms with Crippen LogP contribution in [-0.4, -0.2) is 14.8 Å². The predicted molar refractivity (Wildman–Crippen MR) is 57.0 cm³/mol. The van der Waals surface area contributed by atoms with E-state index in [0.29, 0.717) is 11.5 Å². The fourth-order valence-corrected chi connectivity index (χ4v) is 1.47. The monoisotopic (exact) mass is 221 g/mol. The molecule has 0 aliphatic heterocycles. The molecule has 0 aliphatic carbocycles. The van der Waals surface area contributed by atoms with Crippen LogP contribution in [0.15, 0.2) is 18.3 Å². The standard InChI is InChI=1S/C11H12FN3O/c1-7-11(8(2)15(3)14-7)16-9-4-5-13-10(12)6-9/h4-6H,1-3H3. The van der Waals surface area contributed by atoms with Crippen LogP contribution >= 0.6 is 0 Å². The van der Waals surface area contributed by atoms with E-state index in [1.165, 1.54) is 12.3 Å². The van der Waals surface area contributed by atoms with E-state index in [0.717, 1.165) is 11.4 Å². The summed E-state index contributed by atoms with van der Waals surface area (Å²) in [6, 6.07) is 2.85. The number of aromatic nitrogens is 3. The molecule has 0 fully saturated rings. The molecule has 0 aliphatic rings. The summed E-state index contributed by atoms with van der Waals surface area (Å²) in [5, 5.41) is 4.21. The molecule has 5 heteroatoms. The van der Waals surface area contributed by atoms with Gasteiger partial charge in [0.25, 0.3) is 0 Å². The molecule has 0 N–H and O–H groups in total. The summed E-state index contributed by atoms with van der Waals surface area (Å²) < 4.78 is 20.2. The van der Waals surface area contributed by atoms with Crippen molar-refractivity contribution in [3.05, 3.63) is 35.7 Å². The van der Waals surface area contributed by atoms with Crippen molar-refractivity contribution in [2.75, 3.05) is 0 Å². The van der Waals surface area contributed by atoms with Gasteiger partial charge in [-0.3, -0.25) is 4.68 Å². The largest absolute Gasteiger partial charge is 0.453 e. The van der Waals surface area contributed by atoms with Gasteiger partial charge in [0.15, 0.2) is 5.75 Å². The summed E-state index contributed by atoms with van der Waals surface area (Å²) in [6.07, 6.45) is 1.37. The predicted octanol–water partition coefficient (Wildman–Crippen LogP) is 2.36. The first-order valence-corrected chi connectivity index (χ1v) is 4.87. The van der Waals surface area contributed by atoms with Gasteiger partial charge in [-0.1, -0.05) is 0 Å². The van der Waals surface area contributed by atoms with Gasteiger partial charge in [-0.15, -0.1) is 0 Å². The summed E-state index contributed by atoms with van der Waals surface area (Å²) in [4.78, 5) is 3.46. The number of halogens is 1. The molecule has 0 unspecified atom stereocenters. The van der Waals surface area contributed by atoms with Gasteiger partial charge in [-0.25, -0.2) is 4.98 Å². The van der Waals surface area contributed by atoms with E-state index in [1.54, 1.807) is 10.7 Å². The molecule has 0 bridgehead atoms. The van der Waals surface area contributed by atoms with Crippen LogP contribution < -0.4 is 4.74 Å². The molecule has 2 aromatic rings. The molecule has 2 heterocycles. The molecule has 16 heavy (non-hydrogen) atoms. The molecule has 0 amide bonds. The Kier molecular flexibility index (Phi) is 2.60. The van der Waals surface area contributed by atoms with Gasteiger partial charge in [-0.2, -0.15) is 9.49 Å². The molecular weight excluding hydrogens is 209 g/mol. The number of nitrogens with zero attached hydrogens (tertiary/aromatic N) is 3. The van der Waals surface area contributed by atoms with Gasteiger partial charge in [0.1, 0.15) is 11.4 Å². The highest BCUT2D eigenvalue weighted by atomic mass is 19.1. The van der Waals surface area contributed by atoms with E-state index >= 15 is 0 Å². The fraction of sp³-hybridized carbons (Fsp3) is 0.273. The van der Waals surface area contributed by atoms with Crippen molar-refractivity contribution in [2.45, 2.75) is 13.8 Å². The Hall–Kier alpha value is -1.91. The quantitative estimate of drug-likeness (QED) is 0.731. The smallest absolute Gasteiger partial charge is 0.216 e. The molecular formula is C11H12FN3O. The number of pyridine rings is 1. The Morgan fingerprint density at radius 2 is 2.12 bits per heavy atom. The number of rotatable bonds is 2. The Labute approximate surface area is 92.7 Å². The van der Waals surface area contributed by atoms with Crippen LogP contribution in [0, 0.1) is 19.8 Å². The molecule has 0 saturated heterocycles. The lowest BCUT2D eigenvalue weighted by Gasteiger charge is -2.05. The van der Waals surface area contributed by atoms with Crippen molar-refractivity contribution in [2.24, 2.45) is 7.05 Å². The van der Waals surface area contributed by atoms with Crippen molar-refractivity contribution < 1.29 is 9.13 Å². The van der Waals surface area contributed by atoms with Gasteiger partial charge in [0.2, 0.25) is 5.95 Å². The lowest BCUT2D eigenvalue weighted by molar-refractivity contribution is 0.464. The van der Waals surface area contributed by atoms with Gasteiger partial charge < -0.3 is 4.74 Å². The van der Waals surface area contributed by atoms with Crippen LogP contribution in [-0.2, 0) is 7.05 Å². The summed E-state index contributed by atoms with van der Waals surface area (Å²) >= 11 is 0. The van der Waals surface area contributed by atoms with E-state index in [1.807, 2.05) is 20.9 Å². The first kappa shape index (κ1) is 10.6. The van der Waals surface area contributed by atoms with Crippen LogP contribution in [0.5, 0.6) is 11.5 Å². The van der Waals surface area contributed by atoms with Gasteiger partial charge >= 0.3 is 0 Å². The van der Waals surface area contributed by atoms with Gasteiger partial charge in [-0.05, 0) is 19.9 Å². The molecule has 2 aromatic heterocycles. The lowest BCUT2D eigenvalue weighted by atomic mass is 10.3. The molecule has 84 valence electrons. The summed E-state index contributed by atoms with van der Waals surface area (Å²) in [7, 11) is 1.84. The first-order valence-electron chi connectivity index (χ1n) is 4.87. The highest BCUT2D eigenvalue weighted by Gasteiger charge is 2.11. The fourth-order valence-electron chi connectivity index (χ4n) is 1.47.